The van der Waals surface area contributed by atoms with Crippen molar-refractivity contribution in [3.05, 3.63) is 253 Å². The van der Waals surface area contributed by atoms with Crippen LogP contribution in [0.4, 0.5) is 26.3 Å². The molecule has 0 spiro atoms. The third-order valence-electron chi connectivity index (χ3n) is 15.8. The first-order valence-electron chi connectivity index (χ1n) is 26.0. The number of nitrogens with zero attached hydrogens (tertiary/aromatic N) is 5. The van der Waals surface area contributed by atoms with Gasteiger partial charge in [-0.3, -0.25) is 0 Å². The third-order valence-corrected chi connectivity index (χ3v) is 15.8. The van der Waals surface area contributed by atoms with E-state index in [-0.39, 0.29) is 5.56 Å². The zero-order valence-electron chi connectivity index (χ0n) is 42.0. The first kappa shape index (κ1) is 46.9. The van der Waals surface area contributed by atoms with Gasteiger partial charge in [-0.1, -0.05) is 133 Å². The molecule has 0 saturated carbocycles. The van der Waals surface area contributed by atoms with Gasteiger partial charge in [-0.2, -0.15) is 31.6 Å². The van der Waals surface area contributed by atoms with Gasteiger partial charge in [0.1, 0.15) is 0 Å². The summed E-state index contributed by atoms with van der Waals surface area (Å²) >= 11 is 0. The summed E-state index contributed by atoms with van der Waals surface area (Å²) in [5.74, 6) is 0. The molecular weight excluding hydrogens is 1010 g/mol. The number of benzene rings is 11. The van der Waals surface area contributed by atoms with Crippen LogP contribution in [0.1, 0.15) is 16.7 Å². The molecule has 0 atom stereocenters. The minimum atomic E-state index is -5.14. The van der Waals surface area contributed by atoms with Crippen molar-refractivity contribution < 1.29 is 26.3 Å². The highest BCUT2D eigenvalue weighted by atomic mass is 19.4. The summed E-state index contributed by atoms with van der Waals surface area (Å²) in [6.45, 7) is 0. The molecule has 15 aromatic rings. The quantitative estimate of drug-likeness (QED) is 0.153. The van der Waals surface area contributed by atoms with Gasteiger partial charge in [0.05, 0.1) is 78.3 Å². The first-order valence-corrected chi connectivity index (χ1v) is 26.0. The van der Waals surface area contributed by atoms with Crippen LogP contribution in [0.2, 0.25) is 0 Å². The Labute approximate surface area is 451 Å². The van der Waals surface area contributed by atoms with E-state index in [9.17, 15) is 5.26 Å². The summed E-state index contributed by atoms with van der Waals surface area (Å²) in [4.78, 5) is 0. The number of para-hydroxylation sites is 6. The van der Waals surface area contributed by atoms with E-state index in [1.165, 1.54) is 12.1 Å². The van der Waals surface area contributed by atoms with Crippen LogP contribution in [0, 0.1) is 11.3 Å². The molecule has 4 heterocycles. The van der Waals surface area contributed by atoms with Gasteiger partial charge < -0.3 is 18.3 Å². The van der Waals surface area contributed by atoms with Crippen LogP contribution in [0.5, 0.6) is 0 Å². The van der Waals surface area contributed by atoms with Gasteiger partial charge in [-0.15, -0.1) is 0 Å². The zero-order valence-corrected chi connectivity index (χ0v) is 42.0. The molecule has 0 unspecified atom stereocenters. The highest BCUT2D eigenvalue weighted by molar-refractivity contribution is 6.15. The SMILES string of the molecule is N#Cc1ccc(-c2ccc(-c3c(C(F)(F)F)cccc3C(F)(F)F)cc2-n2c3ccccc3c3cc(-n4c5ccccc5c5ccccc54)ccc32)c(-n2c3ccccc3c3cc(-n4c5ccccc5c5ccccc54)ccc32)c1. The molecule has 4 aromatic heterocycles. The molecule has 15 rings (SSSR count). The maximum absolute atomic E-state index is 15.2. The summed E-state index contributed by atoms with van der Waals surface area (Å²) in [6, 6.07) is 75.2. The van der Waals surface area contributed by atoms with Gasteiger partial charge in [-0.05, 0) is 109 Å². The maximum Gasteiger partial charge on any atom is 0.417 e. The lowest BCUT2D eigenvalue weighted by Crippen LogP contribution is -2.14. The Morgan fingerprint density at radius 3 is 1.02 bits per heavy atom. The van der Waals surface area contributed by atoms with Crippen molar-refractivity contribution >= 4 is 87.2 Å². The molecule has 0 aliphatic carbocycles. The first-order chi connectivity index (χ1) is 38.9. The minimum absolute atomic E-state index is 0.276. The Hall–Kier alpha value is -10.3. The van der Waals surface area contributed by atoms with E-state index >= 15 is 26.3 Å². The number of alkyl halides is 6. The fourth-order valence-electron chi connectivity index (χ4n) is 12.6. The predicted octanol–water partition coefficient (Wildman–Crippen LogP) is 19.3. The molecule has 0 amide bonds. The Morgan fingerprint density at radius 2 is 0.637 bits per heavy atom. The molecule has 0 N–H and O–H groups in total. The van der Waals surface area contributed by atoms with Gasteiger partial charge in [-0.25, -0.2) is 0 Å². The van der Waals surface area contributed by atoms with Crippen molar-refractivity contribution in [1.29, 1.82) is 5.26 Å². The van der Waals surface area contributed by atoms with Gasteiger partial charge >= 0.3 is 12.4 Å². The van der Waals surface area contributed by atoms with Crippen molar-refractivity contribution in [2.45, 2.75) is 12.4 Å². The number of rotatable bonds is 6. The highest BCUT2D eigenvalue weighted by Gasteiger charge is 2.41. The van der Waals surface area contributed by atoms with E-state index in [1.807, 2.05) is 114 Å². The largest absolute Gasteiger partial charge is 0.417 e. The molecule has 0 saturated heterocycles. The molecular formula is C69H39F6N5. The molecule has 0 radical (unpaired) electrons. The molecule has 11 heteroatoms. The Morgan fingerprint density at radius 1 is 0.300 bits per heavy atom. The van der Waals surface area contributed by atoms with Gasteiger partial charge in [0.25, 0.3) is 0 Å². The van der Waals surface area contributed by atoms with Gasteiger partial charge in [0, 0.05) is 71.2 Å². The van der Waals surface area contributed by atoms with Crippen LogP contribution in [-0.2, 0) is 12.4 Å². The Balaban J connectivity index is 1.02. The van der Waals surface area contributed by atoms with Crippen LogP contribution in [0.15, 0.2) is 237 Å². The van der Waals surface area contributed by atoms with Crippen molar-refractivity contribution in [2.75, 3.05) is 0 Å². The molecule has 0 aliphatic heterocycles. The van der Waals surface area contributed by atoms with E-state index in [4.69, 9.17) is 0 Å². The fourth-order valence-corrected chi connectivity index (χ4v) is 12.6. The minimum Gasteiger partial charge on any atom is -0.309 e. The lowest BCUT2D eigenvalue weighted by atomic mass is 9.90. The molecule has 5 nitrogen and oxygen atoms in total. The van der Waals surface area contributed by atoms with E-state index < -0.39 is 29.0 Å². The highest BCUT2D eigenvalue weighted by Crippen LogP contribution is 2.48. The molecule has 0 bridgehead atoms. The lowest BCUT2D eigenvalue weighted by molar-refractivity contribution is -0.142. The molecule has 382 valence electrons. The average Bonchev–Trinajstić information content (AvgIpc) is 4.33. The molecule has 0 fully saturated rings. The van der Waals surface area contributed by atoms with Crippen molar-refractivity contribution in [1.82, 2.24) is 18.3 Å². The molecule has 0 aliphatic rings. The summed E-state index contributed by atoms with van der Waals surface area (Å²) in [5, 5.41) is 18.5. The second kappa shape index (κ2) is 17.3. The normalized spacial score (nSPS) is 12.4. The predicted molar refractivity (Wildman–Crippen MR) is 309 cm³/mol. The topological polar surface area (TPSA) is 43.5 Å². The Kier molecular flexibility index (Phi) is 10.2. The number of fused-ring (bicyclic) bond motifs is 12. The van der Waals surface area contributed by atoms with Crippen molar-refractivity contribution in [2.24, 2.45) is 0 Å². The summed E-state index contributed by atoms with van der Waals surface area (Å²) < 4.78 is 99.5. The average molecular weight is 1050 g/mol. The maximum atomic E-state index is 15.2. The van der Waals surface area contributed by atoms with Crippen molar-refractivity contribution in [3.63, 3.8) is 0 Å². The Bertz CT molecular complexity index is 5000. The number of halogens is 6. The fraction of sp³-hybridized carbons (Fsp3) is 0.0290. The van der Waals surface area contributed by atoms with Gasteiger partial charge in [0.15, 0.2) is 0 Å². The van der Waals surface area contributed by atoms with Crippen LogP contribution >= 0.6 is 0 Å². The van der Waals surface area contributed by atoms with Gasteiger partial charge in [0.2, 0.25) is 0 Å². The standard InChI is InChI=1S/C69H39F6N5/c70-68(71,72)55-20-13-21-56(69(73,74)75)67(55)42-29-33-52(66(37-42)80-62-27-12-6-19-50(62)54-39-44(31-35-64(54)80)78-59-24-9-3-16-47(59)48-17-4-10-25-60(48)78)51-32-28-41(40-76)36-65(51)79-61-26-11-5-18-49(61)53-38-43(30-34-63(53)79)77-57-22-7-1-14-45(57)46-15-2-8-23-58(46)77/h1-39H. The van der Waals surface area contributed by atoms with Crippen molar-refractivity contribution in [3.8, 4) is 51.1 Å². The number of aromatic nitrogens is 4. The zero-order chi connectivity index (χ0) is 54.2. The van der Waals surface area contributed by atoms with Crippen LogP contribution in [-0.4, -0.2) is 18.3 Å². The van der Waals surface area contributed by atoms with Crippen LogP contribution in [0.25, 0.3) is 132 Å². The monoisotopic (exact) mass is 1050 g/mol. The number of hydrogen-bond acceptors (Lipinski definition) is 1. The lowest BCUT2D eigenvalue weighted by Gasteiger charge is -2.22. The summed E-state index contributed by atoms with van der Waals surface area (Å²) in [7, 11) is 0. The second-order valence-electron chi connectivity index (χ2n) is 20.1. The van der Waals surface area contributed by atoms with E-state index in [0.29, 0.717) is 51.2 Å². The molecule has 80 heavy (non-hydrogen) atoms. The van der Waals surface area contributed by atoms with Crippen LogP contribution < -0.4 is 0 Å². The number of hydrogen-bond donors (Lipinski definition) is 0. The second-order valence-corrected chi connectivity index (χ2v) is 20.1. The summed E-state index contributed by atoms with van der Waals surface area (Å²) in [6.07, 6.45) is -10.3. The molecule has 11 aromatic carbocycles. The van der Waals surface area contributed by atoms with E-state index in [0.717, 1.165) is 93.6 Å². The van der Waals surface area contributed by atoms with Crippen LogP contribution in [0.3, 0.4) is 0 Å². The smallest absolute Gasteiger partial charge is 0.309 e. The number of nitriles is 1. The third kappa shape index (κ3) is 6.98. The van der Waals surface area contributed by atoms with E-state index in [1.54, 1.807) is 18.2 Å². The summed E-state index contributed by atoms with van der Waals surface area (Å²) in [5.41, 5.74) is 7.11. The van der Waals surface area contributed by atoms with E-state index in [2.05, 4.69) is 98.6 Å².